The van der Waals surface area contributed by atoms with Crippen LogP contribution in [0.5, 0.6) is 0 Å². The highest BCUT2D eigenvalue weighted by molar-refractivity contribution is 7.71. The molecule has 2 aromatic heterocycles. The first-order valence-corrected chi connectivity index (χ1v) is 10.6. The first-order valence-electron chi connectivity index (χ1n) is 9.32. The Bertz CT molecular complexity index is 892. The van der Waals surface area contributed by atoms with Gasteiger partial charge in [0.2, 0.25) is 4.77 Å². The summed E-state index contributed by atoms with van der Waals surface area (Å²) in [7, 11) is 0. The second-order valence-corrected chi connectivity index (χ2v) is 8.38. The molecule has 3 aromatic rings. The van der Waals surface area contributed by atoms with Gasteiger partial charge in [0.1, 0.15) is 12.4 Å². The number of hydrogen-bond acceptors (Lipinski definition) is 3. The average Bonchev–Trinajstić information content (AvgIpc) is 3.27. The van der Waals surface area contributed by atoms with E-state index in [2.05, 4.69) is 64.0 Å². The SMILES string of the molecule is CC[NH+](Cc1ccccc1)Cn1nc(Cc2cccs2)n(C2CC2)c1=S. The first kappa shape index (κ1) is 17.6. The van der Waals surface area contributed by atoms with E-state index in [-0.39, 0.29) is 0 Å². The maximum atomic E-state index is 5.81. The van der Waals surface area contributed by atoms with Gasteiger partial charge in [-0.3, -0.25) is 0 Å². The summed E-state index contributed by atoms with van der Waals surface area (Å²) in [4.78, 5) is 2.82. The van der Waals surface area contributed by atoms with E-state index in [9.17, 15) is 0 Å². The zero-order chi connectivity index (χ0) is 17.9. The number of benzene rings is 1. The molecule has 0 radical (unpaired) electrons. The van der Waals surface area contributed by atoms with Gasteiger partial charge >= 0.3 is 0 Å². The van der Waals surface area contributed by atoms with Crippen molar-refractivity contribution in [2.75, 3.05) is 6.54 Å². The lowest BCUT2D eigenvalue weighted by Crippen LogP contribution is -3.09. The molecule has 1 atom stereocenters. The summed E-state index contributed by atoms with van der Waals surface area (Å²) in [5, 5.41) is 7.07. The number of nitrogens with one attached hydrogen (secondary N) is 1. The van der Waals surface area contributed by atoms with Crippen molar-refractivity contribution >= 4 is 23.6 Å². The molecule has 0 aliphatic heterocycles. The van der Waals surface area contributed by atoms with Gasteiger partial charge in [0.15, 0.2) is 6.67 Å². The molecule has 1 saturated carbocycles. The van der Waals surface area contributed by atoms with Crippen molar-refractivity contribution in [3.63, 3.8) is 0 Å². The van der Waals surface area contributed by atoms with E-state index in [1.54, 1.807) is 11.3 Å². The molecule has 1 fully saturated rings. The standard InChI is InChI=1S/C20H24N4S2/c1-2-22(14-16-7-4-3-5-8-16)15-23-20(25)24(17-10-11-17)19(21-23)13-18-9-6-12-26-18/h3-9,12,17H,2,10-11,13-15H2,1H3/p+1. The maximum Gasteiger partial charge on any atom is 0.203 e. The molecule has 26 heavy (non-hydrogen) atoms. The quantitative estimate of drug-likeness (QED) is 0.601. The van der Waals surface area contributed by atoms with Gasteiger partial charge in [0, 0.05) is 22.9 Å². The summed E-state index contributed by atoms with van der Waals surface area (Å²) in [6.07, 6.45) is 3.34. The third-order valence-corrected chi connectivity index (χ3v) is 6.22. The van der Waals surface area contributed by atoms with Gasteiger partial charge in [0.05, 0.1) is 6.54 Å². The van der Waals surface area contributed by atoms with Gasteiger partial charge in [-0.1, -0.05) is 36.4 Å². The molecule has 1 aromatic carbocycles. The molecular weight excluding hydrogens is 360 g/mol. The van der Waals surface area contributed by atoms with Crippen LogP contribution in [0.25, 0.3) is 0 Å². The fourth-order valence-corrected chi connectivity index (χ4v) is 4.41. The predicted octanol–water partition coefficient (Wildman–Crippen LogP) is 3.46. The molecule has 136 valence electrons. The molecule has 1 aliphatic carbocycles. The van der Waals surface area contributed by atoms with Gasteiger partial charge in [-0.05, 0) is 43.4 Å². The molecule has 4 nitrogen and oxygen atoms in total. The van der Waals surface area contributed by atoms with Crippen LogP contribution < -0.4 is 4.90 Å². The number of hydrogen-bond donors (Lipinski definition) is 1. The number of rotatable bonds is 8. The van der Waals surface area contributed by atoms with Crippen molar-refractivity contribution in [2.24, 2.45) is 0 Å². The predicted molar refractivity (Wildman–Crippen MR) is 108 cm³/mol. The molecule has 4 rings (SSSR count). The van der Waals surface area contributed by atoms with Crippen molar-refractivity contribution in [2.45, 2.75) is 45.4 Å². The van der Waals surface area contributed by atoms with E-state index in [1.807, 2.05) is 0 Å². The molecule has 0 saturated heterocycles. The van der Waals surface area contributed by atoms with Crippen molar-refractivity contribution in [1.82, 2.24) is 14.3 Å². The zero-order valence-electron chi connectivity index (χ0n) is 15.1. The Morgan fingerprint density at radius 1 is 1.19 bits per heavy atom. The van der Waals surface area contributed by atoms with Crippen LogP contribution >= 0.6 is 23.6 Å². The number of thiophene rings is 1. The Kier molecular flexibility index (Phi) is 5.33. The monoisotopic (exact) mass is 385 g/mol. The molecule has 2 heterocycles. The Morgan fingerprint density at radius 2 is 2.00 bits per heavy atom. The summed E-state index contributed by atoms with van der Waals surface area (Å²) in [5.41, 5.74) is 1.36. The van der Waals surface area contributed by atoms with Crippen LogP contribution in [0, 0.1) is 4.77 Å². The summed E-state index contributed by atoms with van der Waals surface area (Å²) < 4.78 is 5.25. The minimum Gasteiger partial charge on any atom is -0.313 e. The van der Waals surface area contributed by atoms with Crippen LogP contribution in [-0.2, 0) is 19.6 Å². The zero-order valence-corrected chi connectivity index (χ0v) is 16.7. The Balaban J connectivity index is 1.56. The van der Waals surface area contributed by atoms with Gasteiger partial charge in [-0.15, -0.1) is 11.3 Å². The molecule has 1 unspecified atom stereocenters. The number of quaternary nitrogens is 1. The number of aromatic nitrogens is 3. The smallest absolute Gasteiger partial charge is 0.203 e. The molecular formula is C20H25N4S2+. The molecule has 0 amide bonds. The van der Waals surface area contributed by atoms with E-state index < -0.39 is 0 Å². The maximum absolute atomic E-state index is 5.81. The fourth-order valence-electron chi connectivity index (χ4n) is 3.35. The molecule has 0 bridgehead atoms. The summed E-state index contributed by atoms with van der Waals surface area (Å²) in [5.74, 6) is 1.12. The highest BCUT2D eigenvalue weighted by atomic mass is 32.1. The van der Waals surface area contributed by atoms with Crippen molar-refractivity contribution < 1.29 is 4.90 Å². The summed E-state index contributed by atoms with van der Waals surface area (Å²) >= 11 is 7.60. The first-order chi connectivity index (χ1) is 12.7. The molecule has 0 spiro atoms. The van der Waals surface area contributed by atoms with Crippen molar-refractivity contribution in [3.8, 4) is 0 Å². The van der Waals surface area contributed by atoms with E-state index in [1.165, 1.54) is 28.2 Å². The van der Waals surface area contributed by atoms with Crippen LogP contribution in [0.2, 0.25) is 0 Å². The van der Waals surface area contributed by atoms with Crippen molar-refractivity contribution in [1.29, 1.82) is 0 Å². The molecule has 1 aliphatic rings. The Labute approximate surface area is 163 Å². The number of nitrogens with zero attached hydrogens (tertiary/aromatic N) is 3. The van der Waals surface area contributed by atoms with Crippen LogP contribution in [0.3, 0.4) is 0 Å². The van der Waals surface area contributed by atoms with E-state index in [4.69, 9.17) is 17.3 Å². The lowest BCUT2D eigenvalue weighted by atomic mass is 10.2. The normalized spacial score (nSPS) is 15.3. The van der Waals surface area contributed by atoms with Crippen LogP contribution in [0.1, 0.15) is 42.1 Å². The average molecular weight is 386 g/mol. The van der Waals surface area contributed by atoms with Gasteiger partial charge in [0.25, 0.3) is 0 Å². The van der Waals surface area contributed by atoms with Crippen molar-refractivity contribution in [3.05, 3.63) is 68.9 Å². The Hall–Kier alpha value is -1.76. The topological polar surface area (TPSA) is 27.2 Å². The van der Waals surface area contributed by atoms with E-state index >= 15 is 0 Å². The lowest BCUT2D eigenvalue weighted by Gasteiger charge is -2.17. The second kappa shape index (κ2) is 7.86. The minimum atomic E-state index is 0.561. The fraction of sp³-hybridized carbons (Fsp3) is 0.400. The van der Waals surface area contributed by atoms with Crippen LogP contribution in [-0.4, -0.2) is 20.9 Å². The minimum absolute atomic E-state index is 0.561. The third-order valence-electron chi connectivity index (χ3n) is 4.94. The summed E-state index contributed by atoms with van der Waals surface area (Å²) in [6, 6.07) is 15.5. The van der Waals surface area contributed by atoms with Gasteiger partial charge < -0.3 is 9.47 Å². The highest BCUT2D eigenvalue weighted by Crippen LogP contribution is 2.36. The largest absolute Gasteiger partial charge is 0.313 e. The van der Waals surface area contributed by atoms with Crippen LogP contribution in [0.4, 0.5) is 0 Å². The highest BCUT2D eigenvalue weighted by Gasteiger charge is 2.29. The molecule has 1 N–H and O–H groups in total. The summed E-state index contributed by atoms with van der Waals surface area (Å²) in [6.45, 7) is 5.09. The molecule has 6 heteroatoms. The van der Waals surface area contributed by atoms with E-state index in [0.717, 1.165) is 36.8 Å². The van der Waals surface area contributed by atoms with Gasteiger partial charge in [-0.25, -0.2) is 0 Å². The van der Waals surface area contributed by atoms with Gasteiger partial charge in [-0.2, -0.15) is 9.78 Å². The third kappa shape index (κ3) is 3.98. The lowest BCUT2D eigenvalue weighted by molar-refractivity contribution is -0.935. The van der Waals surface area contributed by atoms with E-state index in [0.29, 0.717) is 6.04 Å². The van der Waals surface area contributed by atoms with Crippen LogP contribution in [0.15, 0.2) is 47.8 Å². The second-order valence-electron chi connectivity index (χ2n) is 6.98. The Morgan fingerprint density at radius 3 is 2.65 bits per heavy atom.